The highest BCUT2D eigenvalue weighted by Crippen LogP contribution is 2.25. The molecule has 0 amide bonds. The summed E-state index contributed by atoms with van der Waals surface area (Å²) in [7, 11) is 0. The first-order valence-corrected chi connectivity index (χ1v) is 31.3. The van der Waals surface area contributed by atoms with Crippen molar-refractivity contribution in [3.63, 3.8) is 0 Å². The van der Waals surface area contributed by atoms with Gasteiger partial charge in [0.05, 0.1) is 31.0 Å². The first-order chi connectivity index (χ1) is 34.1. The van der Waals surface area contributed by atoms with Crippen LogP contribution in [0, 0.1) is 11.3 Å². The molecular formula is C63H120O6. The number of rotatable bonds is 54. The van der Waals surface area contributed by atoms with Crippen molar-refractivity contribution in [3.05, 3.63) is 12.2 Å². The zero-order valence-corrected chi connectivity index (χ0v) is 46.4. The van der Waals surface area contributed by atoms with Crippen LogP contribution >= 0.6 is 0 Å². The number of hydrogen-bond donors (Lipinski definition) is 2. The summed E-state index contributed by atoms with van der Waals surface area (Å²) in [6.07, 6.45) is 75.7. The molecule has 1 rings (SSSR count). The number of allylic oxidation sites excluding steroid dienone is 2. The van der Waals surface area contributed by atoms with Gasteiger partial charge in [-0.2, -0.15) is 0 Å². The number of esters is 2. The fourth-order valence-corrected chi connectivity index (χ4v) is 10.4. The first kappa shape index (κ1) is 65.6. The molecule has 1 aliphatic rings. The Bertz CT molecular complexity index is 1090. The van der Waals surface area contributed by atoms with Gasteiger partial charge in [-0.1, -0.05) is 314 Å². The molecule has 0 aromatic rings. The molecule has 0 saturated carbocycles. The van der Waals surface area contributed by atoms with E-state index in [9.17, 15) is 19.8 Å². The van der Waals surface area contributed by atoms with Gasteiger partial charge in [-0.05, 0) is 32.1 Å². The lowest BCUT2D eigenvalue weighted by atomic mass is 9.92. The van der Waals surface area contributed by atoms with Crippen LogP contribution in [-0.4, -0.2) is 48.6 Å². The predicted octanol–water partition coefficient (Wildman–Crippen LogP) is 19.5. The molecule has 0 spiro atoms. The van der Waals surface area contributed by atoms with Gasteiger partial charge in [-0.15, -0.1) is 0 Å². The van der Waals surface area contributed by atoms with E-state index < -0.39 is 36.5 Å². The fourth-order valence-electron chi connectivity index (χ4n) is 10.4. The van der Waals surface area contributed by atoms with Crippen LogP contribution in [0.25, 0.3) is 0 Å². The largest absolute Gasteiger partial charge is 0.465 e. The molecule has 0 bridgehead atoms. The van der Waals surface area contributed by atoms with E-state index in [1.807, 2.05) is 0 Å². The lowest BCUT2D eigenvalue weighted by Gasteiger charge is -2.27. The van der Waals surface area contributed by atoms with Gasteiger partial charge < -0.3 is 19.7 Å². The van der Waals surface area contributed by atoms with Crippen LogP contribution in [0.2, 0.25) is 0 Å². The minimum absolute atomic E-state index is 0.00264. The second-order valence-electron chi connectivity index (χ2n) is 22.4. The molecule has 1 fully saturated rings. The van der Waals surface area contributed by atoms with Crippen molar-refractivity contribution in [2.24, 2.45) is 11.3 Å². The van der Waals surface area contributed by atoms with Gasteiger partial charge in [-0.3, -0.25) is 9.59 Å². The lowest BCUT2D eigenvalue weighted by molar-refractivity contribution is -0.155. The number of unbranched alkanes of at least 4 members (excludes halogenated alkanes) is 48. The molecule has 0 aromatic heterocycles. The minimum Gasteiger partial charge on any atom is -0.465 e. The zero-order valence-electron chi connectivity index (χ0n) is 46.4. The molecule has 1 heterocycles. The maximum Gasteiger partial charge on any atom is 0.309 e. The summed E-state index contributed by atoms with van der Waals surface area (Å²) in [6.45, 7) is 1.21. The highest BCUT2D eigenvalue weighted by atomic mass is 16.6. The van der Waals surface area contributed by atoms with Crippen LogP contribution in [0.4, 0.5) is 0 Å². The van der Waals surface area contributed by atoms with Gasteiger partial charge in [0.2, 0.25) is 0 Å². The third kappa shape index (κ3) is 45.0. The average molecular weight is 974 g/mol. The SMILES string of the molecule is CCCCCCCCCCCCCCCCCCCCCCCCCCCCCCCCCCCCC/C=C/CCCCCCCCCCCCCCCC1CC(=O)OCC(CO)(CO)COC1=O. The quantitative estimate of drug-likeness (QED) is 0.0358. The van der Waals surface area contributed by atoms with E-state index in [0.29, 0.717) is 6.42 Å². The van der Waals surface area contributed by atoms with E-state index in [-0.39, 0.29) is 19.6 Å². The van der Waals surface area contributed by atoms with Crippen molar-refractivity contribution in [2.45, 2.75) is 341 Å². The summed E-state index contributed by atoms with van der Waals surface area (Å²) in [4.78, 5) is 24.7. The van der Waals surface area contributed by atoms with E-state index in [1.54, 1.807) is 0 Å². The highest BCUT2D eigenvalue weighted by molar-refractivity contribution is 5.80. The Balaban J connectivity index is 1.69. The van der Waals surface area contributed by atoms with Crippen molar-refractivity contribution >= 4 is 11.9 Å². The molecule has 69 heavy (non-hydrogen) atoms. The Labute approximate surface area is 430 Å². The standard InChI is InChI=1S/C63H120O6/c1-2-3-4-5-6-7-8-9-10-11-12-13-14-15-16-17-18-19-20-21-22-23-24-25-26-27-28-29-30-31-32-33-34-35-36-37-38-39-40-41-42-43-44-45-46-47-48-49-50-51-52-53-54-60-55-61(66)68-58-63(56-64,57-65)59-69-62(60)67/h38-39,60,64-65H,2-37,40-59H2,1H3/b39-38+. The number of hydrogen-bond acceptors (Lipinski definition) is 6. The van der Waals surface area contributed by atoms with Gasteiger partial charge in [0.15, 0.2) is 0 Å². The summed E-state index contributed by atoms with van der Waals surface area (Å²) in [6, 6.07) is 0. The van der Waals surface area contributed by atoms with Gasteiger partial charge in [-0.25, -0.2) is 0 Å². The Morgan fingerprint density at radius 2 is 0.623 bits per heavy atom. The molecule has 2 N–H and O–H groups in total. The van der Waals surface area contributed by atoms with Gasteiger partial charge in [0.25, 0.3) is 0 Å². The molecule has 0 radical (unpaired) electrons. The van der Waals surface area contributed by atoms with Gasteiger partial charge in [0.1, 0.15) is 13.2 Å². The third-order valence-corrected chi connectivity index (χ3v) is 15.5. The van der Waals surface area contributed by atoms with Crippen LogP contribution in [0.1, 0.15) is 341 Å². The molecule has 1 unspecified atom stereocenters. The number of aliphatic hydroxyl groups excluding tert-OH is 2. The van der Waals surface area contributed by atoms with Crippen molar-refractivity contribution in [2.75, 3.05) is 26.4 Å². The summed E-state index contributed by atoms with van der Waals surface area (Å²) >= 11 is 0. The van der Waals surface area contributed by atoms with Crippen molar-refractivity contribution in [3.8, 4) is 0 Å². The number of carbonyl (C=O) groups excluding carboxylic acids is 2. The number of aliphatic hydroxyl groups is 2. The molecule has 1 saturated heterocycles. The van der Waals surface area contributed by atoms with Gasteiger partial charge >= 0.3 is 11.9 Å². The second kappa shape index (κ2) is 52.9. The maximum absolute atomic E-state index is 12.5. The van der Waals surface area contributed by atoms with E-state index in [2.05, 4.69) is 19.1 Å². The number of ether oxygens (including phenoxy) is 2. The molecular weight excluding hydrogens is 853 g/mol. The Morgan fingerprint density at radius 1 is 0.377 bits per heavy atom. The van der Waals surface area contributed by atoms with Crippen LogP contribution < -0.4 is 0 Å². The van der Waals surface area contributed by atoms with E-state index in [0.717, 1.165) is 19.3 Å². The zero-order chi connectivity index (χ0) is 49.7. The second-order valence-corrected chi connectivity index (χ2v) is 22.4. The average Bonchev–Trinajstić information content (AvgIpc) is 3.41. The fraction of sp³-hybridized carbons (Fsp3) is 0.937. The minimum atomic E-state index is -1.12. The van der Waals surface area contributed by atoms with Crippen LogP contribution in [0.15, 0.2) is 12.2 Å². The Morgan fingerprint density at radius 3 is 0.899 bits per heavy atom. The smallest absolute Gasteiger partial charge is 0.309 e. The Kier molecular flexibility index (Phi) is 50.3. The van der Waals surface area contributed by atoms with Crippen LogP contribution in [-0.2, 0) is 19.1 Å². The third-order valence-electron chi connectivity index (χ3n) is 15.5. The van der Waals surface area contributed by atoms with E-state index in [4.69, 9.17) is 9.47 Å². The summed E-state index contributed by atoms with van der Waals surface area (Å²) in [5.74, 6) is -1.40. The molecule has 408 valence electrons. The normalized spacial score (nSPS) is 15.4. The van der Waals surface area contributed by atoms with Gasteiger partial charge in [0, 0.05) is 0 Å². The van der Waals surface area contributed by atoms with Crippen LogP contribution in [0.5, 0.6) is 0 Å². The monoisotopic (exact) mass is 973 g/mol. The number of cyclic esters (lactones) is 2. The molecule has 1 atom stereocenters. The van der Waals surface area contributed by atoms with E-state index in [1.165, 1.54) is 302 Å². The molecule has 1 aliphatic heterocycles. The topological polar surface area (TPSA) is 93.1 Å². The molecule has 6 heteroatoms. The maximum atomic E-state index is 12.5. The molecule has 6 nitrogen and oxygen atoms in total. The number of carbonyl (C=O) groups is 2. The van der Waals surface area contributed by atoms with E-state index >= 15 is 0 Å². The van der Waals surface area contributed by atoms with Crippen molar-refractivity contribution in [1.29, 1.82) is 0 Å². The lowest BCUT2D eigenvalue weighted by Crippen LogP contribution is -2.40. The summed E-state index contributed by atoms with van der Waals surface area (Å²) in [5, 5.41) is 19.2. The highest BCUT2D eigenvalue weighted by Gasteiger charge is 2.36. The molecule has 0 aliphatic carbocycles. The Hall–Kier alpha value is -1.40. The van der Waals surface area contributed by atoms with Crippen molar-refractivity contribution in [1.82, 2.24) is 0 Å². The summed E-state index contributed by atoms with van der Waals surface area (Å²) in [5.41, 5.74) is -1.12. The predicted molar refractivity (Wildman–Crippen MR) is 297 cm³/mol. The molecule has 0 aromatic carbocycles. The first-order valence-electron chi connectivity index (χ1n) is 31.3. The van der Waals surface area contributed by atoms with Crippen LogP contribution in [0.3, 0.4) is 0 Å². The summed E-state index contributed by atoms with van der Waals surface area (Å²) < 4.78 is 10.6. The van der Waals surface area contributed by atoms with Crippen molar-refractivity contribution < 1.29 is 29.3 Å².